The first-order valence-electron chi connectivity index (χ1n) is 21.2. The minimum Gasteiger partial charge on any atom is -0.356 e. The first kappa shape index (κ1) is 37.2. The maximum atomic E-state index is 4.55. The van der Waals surface area contributed by atoms with E-state index in [0.29, 0.717) is 0 Å². The highest BCUT2D eigenvalue weighted by atomic mass is 32.2. The van der Waals surface area contributed by atoms with Gasteiger partial charge in [-0.25, -0.2) is 0 Å². The van der Waals surface area contributed by atoms with Crippen molar-refractivity contribution in [3.63, 3.8) is 0 Å². The molecule has 0 aromatic heterocycles. The van der Waals surface area contributed by atoms with Crippen molar-refractivity contribution < 1.29 is 0 Å². The molecule has 9 aromatic carbocycles. The molecule has 0 saturated carbocycles. The molecule has 2 heteroatoms. The summed E-state index contributed by atoms with van der Waals surface area (Å²) in [4.78, 5) is 1.31. The van der Waals surface area contributed by atoms with Gasteiger partial charge in [0, 0.05) is 27.4 Å². The number of anilines is 2. The standard InChI is InChI=1S/C31H25N.C28H20S/c1-31(2)29-19-24(23-13-12-21-8-6-7-9-22(21)18-23)14-16-27(29)28-17-15-26(20-30(28)31)32-25-10-4-3-5-11-25;1-19-20-10-2-6-14-24(20)28(18-29-27-17-9-5-11-21(19)27)25-15-7-3-12-22(25)23-13-4-8-16-26(23)28/h3-20,32H,1-2H3;2-17H,1,18H2. The van der Waals surface area contributed by atoms with Gasteiger partial charge in [-0.15, -0.1) is 11.8 Å². The van der Waals surface area contributed by atoms with Gasteiger partial charge >= 0.3 is 0 Å². The molecular weight excluding hydrogens is 755 g/mol. The average molecular weight is 800 g/mol. The molecule has 61 heavy (non-hydrogen) atoms. The molecule has 3 aliphatic rings. The van der Waals surface area contributed by atoms with Crippen molar-refractivity contribution in [2.45, 2.75) is 29.6 Å². The zero-order valence-corrected chi connectivity index (χ0v) is 35.3. The number of fused-ring (bicyclic) bond motifs is 12. The van der Waals surface area contributed by atoms with Crippen molar-refractivity contribution >= 4 is 39.5 Å². The van der Waals surface area contributed by atoms with Crippen LogP contribution < -0.4 is 5.32 Å². The monoisotopic (exact) mass is 799 g/mol. The molecular formula is C59H45NS. The summed E-state index contributed by atoms with van der Waals surface area (Å²) >= 11 is 1.95. The second kappa shape index (κ2) is 14.7. The highest BCUT2D eigenvalue weighted by Gasteiger charge is 2.46. The molecule has 12 rings (SSSR count). The smallest absolute Gasteiger partial charge is 0.0563 e. The normalized spacial score (nSPS) is 14.6. The van der Waals surface area contributed by atoms with Gasteiger partial charge in [0.05, 0.1) is 5.41 Å². The van der Waals surface area contributed by atoms with Crippen molar-refractivity contribution in [2.24, 2.45) is 0 Å². The third-order valence-electron chi connectivity index (χ3n) is 13.3. The van der Waals surface area contributed by atoms with E-state index in [1.807, 2.05) is 17.8 Å². The molecule has 1 spiro atoms. The largest absolute Gasteiger partial charge is 0.356 e. The molecule has 1 nitrogen and oxygen atoms in total. The molecule has 0 saturated heterocycles. The summed E-state index contributed by atoms with van der Waals surface area (Å²) in [7, 11) is 0. The van der Waals surface area contributed by atoms with E-state index in [9.17, 15) is 0 Å². The van der Waals surface area contributed by atoms with Crippen molar-refractivity contribution in [1.82, 2.24) is 0 Å². The maximum Gasteiger partial charge on any atom is 0.0563 e. The van der Waals surface area contributed by atoms with E-state index in [1.54, 1.807) is 0 Å². The third-order valence-corrected chi connectivity index (χ3v) is 14.5. The predicted octanol–water partition coefficient (Wildman–Crippen LogP) is 15.7. The number of benzene rings is 9. The topological polar surface area (TPSA) is 12.0 Å². The summed E-state index contributed by atoms with van der Waals surface area (Å²) in [5.41, 5.74) is 20.6. The van der Waals surface area contributed by atoms with Gasteiger partial charge in [-0.3, -0.25) is 0 Å². The minimum atomic E-state index is -0.176. The summed E-state index contributed by atoms with van der Waals surface area (Å²) in [5.74, 6) is 0.975. The summed E-state index contributed by atoms with van der Waals surface area (Å²) in [5, 5.41) is 6.12. The van der Waals surface area contributed by atoms with Gasteiger partial charge < -0.3 is 5.32 Å². The number of hydrogen-bond donors (Lipinski definition) is 1. The third kappa shape index (κ3) is 6.08. The van der Waals surface area contributed by atoms with E-state index in [2.05, 4.69) is 226 Å². The van der Waals surface area contributed by atoms with Gasteiger partial charge in [-0.05, 0) is 131 Å². The Kier molecular flexibility index (Phi) is 8.95. The number of hydrogen-bond acceptors (Lipinski definition) is 2. The van der Waals surface area contributed by atoms with E-state index < -0.39 is 0 Å². The van der Waals surface area contributed by atoms with E-state index >= 15 is 0 Å². The lowest BCUT2D eigenvalue weighted by Gasteiger charge is -2.36. The Bertz CT molecular complexity index is 3130. The minimum absolute atomic E-state index is 0.0497. The lowest BCUT2D eigenvalue weighted by atomic mass is 9.71. The molecule has 1 aliphatic heterocycles. The molecule has 292 valence electrons. The fourth-order valence-electron chi connectivity index (χ4n) is 10.2. The fourth-order valence-corrected chi connectivity index (χ4v) is 11.6. The Hall–Kier alpha value is -6.87. The van der Waals surface area contributed by atoms with Crippen LogP contribution >= 0.6 is 11.8 Å². The first-order chi connectivity index (χ1) is 29.9. The van der Waals surface area contributed by atoms with Crippen LogP contribution in [0.25, 0.3) is 49.7 Å². The van der Waals surface area contributed by atoms with Crippen LogP contribution in [0.1, 0.15) is 52.8 Å². The van der Waals surface area contributed by atoms with E-state index in [0.717, 1.165) is 22.7 Å². The van der Waals surface area contributed by atoms with Gasteiger partial charge in [-0.1, -0.05) is 184 Å². The van der Waals surface area contributed by atoms with Crippen LogP contribution in [-0.4, -0.2) is 5.75 Å². The SMILES string of the molecule is C=C1c2ccccc2SCC2(c3ccccc31)c1ccccc1-c1ccccc12.CC1(C)c2cc(Nc3ccccc3)ccc2-c2ccc(-c3ccc4ccccc4c3)cc21. The molecule has 1 heterocycles. The molecule has 0 atom stereocenters. The van der Waals surface area contributed by atoms with Gasteiger partial charge in [0.1, 0.15) is 0 Å². The highest BCUT2D eigenvalue weighted by molar-refractivity contribution is 7.99. The van der Waals surface area contributed by atoms with E-state index in [1.165, 1.54) is 88.0 Å². The number of nitrogens with one attached hydrogen (secondary N) is 1. The molecule has 0 radical (unpaired) electrons. The van der Waals surface area contributed by atoms with Gasteiger partial charge in [0.25, 0.3) is 0 Å². The summed E-state index contributed by atoms with van der Waals surface area (Å²) < 4.78 is 0. The zero-order chi connectivity index (χ0) is 41.1. The second-order valence-corrected chi connectivity index (χ2v) is 18.0. The average Bonchev–Trinajstić information content (AvgIpc) is 3.73. The maximum absolute atomic E-state index is 4.55. The lowest BCUT2D eigenvalue weighted by molar-refractivity contribution is 0.661. The molecule has 0 bridgehead atoms. The van der Waals surface area contributed by atoms with Crippen LogP contribution in [-0.2, 0) is 10.8 Å². The fraction of sp³-hybridized carbons (Fsp3) is 0.0847. The Morgan fingerprint density at radius 2 is 0.918 bits per heavy atom. The van der Waals surface area contributed by atoms with Crippen LogP contribution in [0.2, 0.25) is 0 Å². The summed E-state index contributed by atoms with van der Waals surface area (Å²) in [6, 6.07) is 74.9. The molecule has 0 unspecified atom stereocenters. The number of thioether (sulfide) groups is 1. The van der Waals surface area contributed by atoms with Crippen LogP contribution in [0.4, 0.5) is 11.4 Å². The van der Waals surface area contributed by atoms with E-state index in [4.69, 9.17) is 0 Å². The van der Waals surface area contributed by atoms with Crippen LogP contribution in [0.3, 0.4) is 0 Å². The summed E-state index contributed by atoms with van der Waals surface area (Å²) in [6.45, 7) is 9.23. The molecule has 0 amide bonds. The predicted molar refractivity (Wildman–Crippen MR) is 260 cm³/mol. The first-order valence-corrected chi connectivity index (χ1v) is 22.2. The summed E-state index contributed by atoms with van der Waals surface area (Å²) in [6.07, 6.45) is 0. The van der Waals surface area contributed by atoms with Gasteiger partial charge in [0.15, 0.2) is 0 Å². The van der Waals surface area contributed by atoms with Crippen molar-refractivity contribution in [1.29, 1.82) is 0 Å². The van der Waals surface area contributed by atoms with Crippen LogP contribution in [0.15, 0.2) is 218 Å². The van der Waals surface area contributed by atoms with E-state index in [-0.39, 0.29) is 10.8 Å². The van der Waals surface area contributed by atoms with Crippen LogP contribution in [0.5, 0.6) is 0 Å². The van der Waals surface area contributed by atoms with Gasteiger partial charge in [-0.2, -0.15) is 0 Å². The number of rotatable bonds is 3. The van der Waals surface area contributed by atoms with Crippen molar-refractivity contribution in [3.05, 3.63) is 252 Å². The second-order valence-electron chi connectivity index (χ2n) is 17.0. The van der Waals surface area contributed by atoms with Crippen LogP contribution in [0, 0.1) is 0 Å². The quantitative estimate of drug-likeness (QED) is 0.191. The molecule has 9 aromatic rings. The molecule has 0 fully saturated rings. The Labute approximate surface area is 363 Å². The van der Waals surface area contributed by atoms with Crippen molar-refractivity contribution in [3.8, 4) is 33.4 Å². The zero-order valence-electron chi connectivity index (χ0n) is 34.5. The van der Waals surface area contributed by atoms with Crippen molar-refractivity contribution in [2.75, 3.05) is 11.1 Å². The molecule has 1 N–H and O–H groups in total. The Morgan fingerprint density at radius 3 is 1.64 bits per heavy atom. The Balaban J connectivity index is 0.000000138. The number of para-hydroxylation sites is 1. The highest BCUT2D eigenvalue weighted by Crippen LogP contribution is 2.57. The molecule has 2 aliphatic carbocycles. The van der Waals surface area contributed by atoms with Gasteiger partial charge in [0.2, 0.25) is 0 Å². The Morgan fingerprint density at radius 1 is 0.410 bits per heavy atom. The lowest BCUT2D eigenvalue weighted by Crippen LogP contribution is -2.32.